The number of nitrogens with zero attached hydrogens (tertiary/aromatic N) is 6. The zero-order chi connectivity index (χ0) is 32.3. The number of piperazine rings is 1. The third-order valence-corrected chi connectivity index (χ3v) is 9.86. The first kappa shape index (κ1) is 31.4. The van der Waals surface area contributed by atoms with Crippen LogP contribution in [-0.2, 0) is 0 Å². The van der Waals surface area contributed by atoms with E-state index in [9.17, 15) is 9.59 Å². The number of halogens is 1. The van der Waals surface area contributed by atoms with Crippen LogP contribution < -0.4 is 4.74 Å². The highest BCUT2D eigenvalue weighted by Gasteiger charge is 2.32. The highest BCUT2D eigenvalue weighted by Crippen LogP contribution is 2.34. The van der Waals surface area contributed by atoms with Gasteiger partial charge in [0.2, 0.25) is 0 Å². The molecule has 2 aromatic heterocycles. The lowest BCUT2D eigenvalue weighted by atomic mass is 10.1. The molecule has 2 fully saturated rings. The second-order valence-electron chi connectivity index (χ2n) is 12.8. The standard InChI is InChI=1S/C37H41ClN6O3/c1-26-23-30-31(39-25-29-9-8-17-43(29)36(30)45)24-33(26)47-22-7-3-2-5-15-41-18-20-42(21-19-41)37(46)34-32-10-4-6-16-44(32)35(40-34)27-11-13-28(38)14-12-27/h4,6,10-14,16,23-25,29H,2-3,5,7-9,15,17-22H2,1H3/t29-/m0/s1. The van der Waals surface area contributed by atoms with Crippen LogP contribution in [0.15, 0.2) is 65.8 Å². The van der Waals surface area contributed by atoms with Gasteiger partial charge in [-0.3, -0.25) is 23.9 Å². The Morgan fingerprint density at radius 1 is 0.979 bits per heavy atom. The monoisotopic (exact) mass is 652 g/mol. The molecule has 0 saturated carbocycles. The first-order valence-electron chi connectivity index (χ1n) is 16.8. The average Bonchev–Trinajstić information content (AvgIpc) is 3.70. The first-order chi connectivity index (χ1) is 23.0. The smallest absolute Gasteiger partial charge is 0.274 e. The van der Waals surface area contributed by atoms with Crippen molar-refractivity contribution in [2.24, 2.45) is 4.99 Å². The Balaban J connectivity index is 0.846. The van der Waals surface area contributed by atoms with E-state index in [-0.39, 0.29) is 17.9 Å². The van der Waals surface area contributed by atoms with Crippen molar-refractivity contribution in [2.75, 3.05) is 45.9 Å². The minimum Gasteiger partial charge on any atom is -0.493 e. The number of aryl methyl sites for hydroxylation is 1. The minimum absolute atomic E-state index is 0.0166. The molecular weight excluding hydrogens is 612 g/mol. The summed E-state index contributed by atoms with van der Waals surface area (Å²) in [5.74, 6) is 1.62. The molecule has 9 nitrogen and oxygen atoms in total. The van der Waals surface area contributed by atoms with Gasteiger partial charge in [0.05, 0.1) is 29.4 Å². The molecule has 2 saturated heterocycles. The van der Waals surface area contributed by atoms with Gasteiger partial charge < -0.3 is 14.5 Å². The maximum Gasteiger partial charge on any atom is 0.274 e. The molecule has 7 rings (SSSR count). The van der Waals surface area contributed by atoms with Gasteiger partial charge in [-0.2, -0.15) is 0 Å². The Morgan fingerprint density at radius 3 is 2.62 bits per heavy atom. The molecule has 3 aliphatic rings. The van der Waals surface area contributed by atoms with Crippen LogP contribution >= 0.6 is 11.6 Å². The van der Waals surface area contributed by atoms with Crippen LogP contribution in [0.4, 0.5) is 5.69 Å². The van der Waals surface area contributed by atoms with E-state index in [0.717, 1.165) is 92.9 Å². The molecule has 0 N–H and O–H groups in total. The molecule has 0 radical (unpaired) electrons. The van der Waals surface area contributed by atoms with Crippen molar-refractivity contribution in [2.45, 2.75) is 51.5 Å². The fraction of sp³-hybridized carbons (Fsp3) is 0.405. The van der Waals surface area contributed by atoms with Crippen LogP contribution in [0, 0.1) is 6.92 Å². The van der Waals surface area contributed by atoms with Crippen LogP contribution in [0.25, 0.3) is 16.9 Å². The SMILES string of the molecule is Cc1cc2c(cc1OCCCCCCN1CCN(C(=O)c3nc(-c4ccc(Cl)cc4)n4ccccc34)CC1)N=C[C@@H]1CCCN1C2=O. The number of rotatable bonds is 10. The number of imidazole rings is 1. The molecule has 1 atom stereocenters. The van der Waals surface area contributed by atoms with Gasteiger partial charge in [0.25, 0.3) is 11.8 Å². The Hall–Kier alpha value is -4.21. The van der Waals surface area contributed by atoms with E-state index in [2.05, 4.69) is 9.89 Å². The summed E-state index contributed by atoms with van der Waals surface area (Å²) in [5.41, 5.74) is 4.60. The van der Waals surface area contributed by atoms with E-state index in [1.54, 1.807) is 0 Å². The Morgan fingerprint density at radius 2 is 1.79 bits per heavy atom. The zero-order valence-electron chi connectivity index (χ0n) is 26.9. The number of fused-ring (bicyclic) bond motifs is 3. The molecule has 3 aliphatic heterocycles. The molecule has 47 heavy (non-hydrogen) atoms. The lowest BCUT2D eigenvalue weighted by molar-refractivity contribution is 0.0631. The second-order valence-corrected chi connectivity index (χ2v) is 13.2. The van der Waals surface area contributed by atoms with E-state index in [1.807, 2.05) is 88.1 Å². The van der Waals surface area contributed by atoms with Crippen molar-refractivity contribution in [1.82, 2.24) is 24.1 Å². The van der Waals surface area contributed by atoms with Crippen LogP contribution in [0.2, 0.25) is 5.02 Å². The largest absolute Gasteiger partial charge is 0.493 e. The van der Waals surface area contributed by atoms with Crippen molar-refractivity contribution in [3.8, 4) is 17.1 Å². The van der Waals surface area contributed by atoms with Crippen LogP contribution in [0.3, 0.4) is 0 Å². The molecule has 2 aromatic carbocycles. The van der Waals surface area contributed by atoms with Crippen molar-refractivity contribution in [1.29, 1.82) is 0 Å². The van der Waals surface area contributed by atoms with Gasteiger partial charge in [0.15, 0.2) is 5.69 Å². The molecule has 10 heteroatoms. The summed E-state index contributed by atoms with van der Waals surface area (Å²) >= 11 is 6.10. The van der Waals surface area contributed by atoms with Crippen molar-refractivity contribution >= 4 is 40.8 Å². The van der Waals surface area contributed by atoms with Gasteiger partial charge in [0.1, 0.15) is 11.6 Å². The summed E-state index contributed by atoms with van der Waals surface area (Å²) < 4.78 is 8.12. The molecule has 2 amide bonds. The predicted molar refractivity (Wildman–Crippen MR) is 185 cm³/mol. The lowest BCUT2D eigenvalue weighted by Gasteiger charge is -2.34. The van der Waals surface area contributed by atoms with Gasteiger partial charge >= 0.3 is 0 Å². The number of hydrogen-bond acceptors (Lipinski definition) is 6. The minimum atomic E-state index is -0.0166. The Labute approximate surface area is 280 Å². The lowest BCUT2D eigenvalue weighted by Crippen LogP contribution is -2.49. The number of carbonyl (C=O) groups excluding carboxylic acids is 2. The highest BCUT2D eigenvalue weighted by atomic mass is 35.5. The van der Waals surface area contributed by atoms with Gasteiger partial charge in [0, 0.05) is 61.8 Å². The summed E-state index contributed by atoms with van der Waals surface area (Å²) in [7, 11) is 0. The Kier molecular flexibility index (Phi) is 9.27. The van der Waals surface area contributed by atoms with Gasteiger partial charge in [-0.25, -0.2) is 4.98 Å². The molecular formula is C37H41ClN6O3. The number of benzene rings is 2. The number of amides is 2. The highest BCUT2D eigenvalue weighted by molar-refractivity contribution is 6.30. The Bertz CT molecular complexity index is 1790. The molecule has 0 spiro atoms. The first-order valence-corrected chi connectivity index (χ1v) is 17.2. The van der Waals surface area contributed by atoms with Crippen LogP contribution in [0.1, 0.15) is 64.9 Å². The molecule has 244 valence electrons. The summed E-state index contributed by atoms with van der Waals surface area (Å²) in [6, 6.07) is 17.4. The normalized spacial score (nSPS) is 18.0. The van der Waals surface area contributed by atoms with Gasteiger partial charge in [-0.05, 0) is 87.2 Å². The van der Waals surface area contributed by atoms with Crippen molar-refractivity contribution in [3.63, 3.8) is 0 Å². The number of unbranched alkanes of at least 4 members (excludes halogenated alkanes) is 3. The van der Waals surface area contributed by atoms with E-state index < -0.39 is 0 Å². The molecule has 0 bridgehead atoms. The number of ether oxygens (including phenoxy) is 1. The topological polar surface area (TPSA) is 82.8 Å². The predicted octanol–water partition coefficient (Wildman–Crippen LogP) is 6.68. The maximum atomic E-state index is 13.6. The number of aliphatic imine (C=N–C) groups is 1. The van der Waals surface area contributed by atoms with Crippen LogP contribution in [-0.4, -0.2) is 94.0 Å². The average molecular weight is 653 g/mol. The van der Waals surface area contributed by atoms with E-state index in [1.165, 1.54) is 0 Å². The van der Waals surface area contributed by atoms with E-state index in [0.29, 0.717) is 41.7 Å². The number of aromatic nitrogens is 2. The summed E-state index contributed by atoms with van der Waals surface area (Å²) in [4.78, 5) is 42.4. The molecule has 4 aromatic rings. The summed E-state index contributed by atoms with van der Waals surface area (Å²) in [6.07, 6.45) is 10.2. The van der Waals surface area contributed by atoms with Gasteiger partial charge in [-0.1, -0.05) is 30.5 Å². The van der Waals surface area contributed by atoms with Crippen LogP contribution in [0.5, 0.6) is 5.75 Å². The fourth-order valence-corrected chi connectivity index (χ4v) is 7.05. The quantitative estimate of drug-likeness (QED) is 0.179. The third-order valence-electron chi connectivity index (χ3n) is 9.61. The van der Waals surface area contributed by atoms with Gasteiger partial charge in [-0.15, -0.1) is 0 Å². The third kappa shape index (κ3) is 6.64. The second kappa shape index (κ2) is 13.9. The maximum absolute atomic E-state index is 13.6. The molecule has 0 unspecified atom stereocenters. The molecule has 5 heterocycles. The summed E-state index contributed by atoms with van der Waals surface area (Å²) in [5, 5.41) is 0.667. The summed E-state index contributed by atoms with van der Waals surface area (Å²) in [6.45, 7) is 7.62. The van der Waals surface area contributed by atoms with Crippen molar-refractivity contribution < 1.29 is 14.3 Å². The van der Waals surface area contributed by atoms with E-state index in [4.69, 9.17) is 21.3 Å². The fourth-order valence-electron chi connectivity index (χ4n) is 6.93. The number of carbonyl (C=O) groups is 2. The number of pyridine rings is 1. The zero-order valence-corrected chi connectivity index (χ0v) is 27.7. The van der Waals surface area contributed by atoms with E-state index >= 15 is 0 Å². The molecule has 0 aliphatic carbocycles. The van der Waals surface area contributed by atoms with Crippen molar-refractivity contribution in [3.05, 3.63) is 82.6 Å². The number of hydrogen-bond donors (Lipinski definition) is 0.